The Balaban J connectivity index is 1.95. The molecule has 0 radical (unpaired) electrons. The predicted molar refractivity (Wildman–Crippen MR) is 81.1 cm³/mol. The van der Waals surface area contributed by atoms with Crippen LogP contribution in [0, 0.1) is 5.82 Å². The summed E-state index contributed by atoms with van der Waals surface area (Å²) in [6.07, 6.45) is 1.40. The number of nitrogens with one attached hydrogen (secondary N) is 3. The summed E-state index contributed by atoms with van der Waals surface area (Å²) in [4.78, 5) is 12.2. The van der Waals surface area contributed by atoms with Crippen molar-refractivity contribution in [3.63, 3.8) is 0 Å². The monoisotopic (exact) mass is 306 g/mol. The van der Waals surface area contributed by atoms with Crippen LogP contribution in [-0.4, -0.2) is 49.5 Å². The zero-order valence-electron chi connectivity index (χ0n) is 12.4. The molecule has 0 atom stereocenters. The highest BCUT2D eigenvalue weighted by Gasteiger charge is 2.17. The summed E-state index contributed by atoms with van der Waals surface area (Å²) in [5.74, 6) is -0.692. The Morgan fingerprint density at radius 1 is 1.32 bits per heavy atom. The summed E-state index contributed by atoms with van der Waals surface area (Å²) in [7, 11) is 1.63. The van der Waals surface area contributed by atoms with Crippen molar-refractivity contribution in [1.29, 1.82) is 0 Å². The van der Waals surface area contributed by atoms with Crippen molar-refractivity contribution in [2.45, 2.75) is 0 Å². The maximum Gasteiger partial charge on any atom is 0.255 e. The minimum absolute atomic E-state index is 0.291. The highest BCUT2D eigenvalue weighted by molar-refractivity contribution is 5.99. The van der Waals surface area contributed by atoms with E-state index in [1.807, 2.05) is 0 Å². The van der Waals surface area contributed by atoms with Crippen LogP contribution < -0.4 is 10.6 Å². The first-order valence-electron chi connectivity index (χ1n) is 7.00. The molecule has 2 aromatic rings. The fraction of sp³-hybridized carbons (Fsp3) is 0.333. The zero-order chi connectivity index (χ0) is 15.8. The maximum atomic E-state index is 13.8. The molecule has 0 aliphatic rings. The van der Waals surface area contributed by atoms with E-state index in [-0.39, 0.29) is 5.91 Å². The fourth-order valence-electron chi connectivity index (χ4n) is 1.99. The van der Waals surface area contributed by atoms with Crippen LogP contribution in [0.4, 0.5) is 4.39 Å². The molecule has 2 rings (SSSR count). The summed E-state index contributed by atoms with van der Waals surface area (Å²) in [6, 6.07) is 6.25. The molecule has 118 valence electrons. The van der Waals surface area contributed by atoms with Gasteiger partial charge >= 0.3 is 0 Å². The van der Waals surface area contributed by atoms with E-state index in [9.17, 15) is 9.18 Å². The number of methoxy groups -OCH3 is 1. The van der Waals surface area contributed by atoms with Crippen LogP contribution in [0.25, 0.3) is 11.3 Å². The van der Waals surface area contributed by atoms with Gasteiger partial charge in [-0.3, -0.25) is 9.89 Å². The van der Waals surface area contributed by atoms with Gasteiger partial charge in [0.15, 0.2) is 0 Å². The Hall–Kier alpha value is -2.25. The lowest BCUT2D eigenvalue weighted by molar-refractivity contribution is 0.0954. The number of amides is 1. The Morgan fingerprint density at radius 2 is 2.14 bits per heavy atom. The maximum absolute atomic E-state index is 13.8. The molecule has 0 spiro atoms. The number of nitrogens with zero attached hydrogens (tertiary/aromatic N) is 1. The van der Waals surface area contributed by atoms with Gasteiger partial charge in [-0.2, -0.15) is 5.10 Å². The van der Waals surface area contributed by atoms with E-state index >= 15 is 0 Å². The molecule has 0 aliphatic carbocycles. The summed E-state index contributed by atoms with van der Waals surface area (Å²) < 4.78 is 18.7. The van der Waals surface area contributed by atoms with E-state index in [1.165, 1.54) is 12.3 Å². The minimum Gasteiger partial charge on any atom is -0.383 e. The second-order valence-electron chi connectivity index (χ2n) is 4.64. The molecule has 1 heterocycles. The van der Waals surface area contributed by atoms with Crippen molar-refractivity contribution in [3.8, 4) is 11.3 Å². The van der Waals surface area contributed by atoms with Crippen LogP contribution in [0.3, 0.4) is 0 Å². The lowest BCUT2D eigenvalue weighted by Gasteiger charge is -2.07. The van der Waals surface area contributed by atoms with E-state index in [4.69, 9.17) is 4.74 Å². The van der Waals surface area contributed by atoms with Crippen molar-refractivity contribution in [1.82, 2.24) is 20.8 Å². The molecule has 0 aliphatic heterocycles. The third-order valence-electron chi connectivity index (χ3n) is 3.10. The molecule has 22 heavy (non-hydrogen) atoms. The number of aromatic amines is 1. The lowest BCUT2D eigenvalue weighted by Crippen LogP contribution is -2.33. The molecule has 0 bridgehead atoms. The van der Waals surface area contributed by atoms with E-state index in [0.717, 1.165) is 6.54 Å². The van der Waals surface area contributed by atoms with Crippen molar-refractivity contribution in [3.05, 3.63) is 41.8 Å². The number of carbonyl (C=O) groups is 1. The third kappa shape index (κ3) is 4.12. The molecule has 1 aromatic carbocycles. The summed E-state index contributed by atoms with van der Waals surface area (Å²) >= 11 is 0. The number of aromatic nitrogens is 2. The average molecular weight is 306 g/mol. The topological polar surface area (TPSA) is 79.0 Å². The number of benzene rings is 1. The summed E-state index contributed by atoms with van der Waals surface area (Å²) in [5.41, 5.74) is 1.02. The largest absolute Gasteiger partial charge is 0.383 e. The lowest BCUT2D eigenvalue weighted by atomic mass is 10.1. The van der Waals surface area contributed by atoms with E-state index in [2.05, 4.69) is 20.8 Å². The molecular formula is C15H19FN4O2. The van der Waals surface area contributed by atoms with Crippen molar-refractivity contribution < 1.29 is 13.9 Å². The van der Waals surface area contributed by atoms with Crippen molar-refractivity contribution in [2.75, 3.05) is 33.4 Å². The van der Waals surface area contributed by atoms with Gasteiger partial charge in [0.2, 0.25) is 0 Å². The number of carbonyl (C=O) groups excluding carboxylic acids is 1. The average Bonchev–Trinajstić information content (AvgIpc) is 3.00. The quantitative estimate of drug-likeness (QED) is 0.640. The van der Waals surface area contributed by atoms with Gasteiger partial charge in [0, 0.05) is 32.3 Å². The molecule has 0 fully saturated rings. The molecule has 1 aromatic heterocycles. The second kappa shape index (κ2) is 8.26. The van der Waals surface area contributed by atoms with Gasteiger partial charge < -0.3 is 15.4 Å². The zero-order valence-corrected chi connectivity index (χ0v) is 12.4. The number of halogens is 1. The normalized spacial score (nSPS) is 10.6. The Kier molecular flexibility index (Phi) is 6.05. The first-order valence-corrected chi connectivity index (χ1v) is 7.00. The van der Waals surface area contributed by atoms with Gasteiger partial charge in [-0.25, -0.2) is 4.39 Å². The van der Waals surface area contributed by atoms with Crippen molar-refractivity contribution in [2.24, 2.45) is 0 Å². The van der Waals surface area contributed by atoms with Crippen LogP contribution in [-0.2, 0) is 4.74 Å². The Morgan fingerprint density at radius 3 is 2.91 bits per heavy atom. The molecule has 0 saturated carbocycles. The number of ether oxygens (including phenoxy) is 1. The van der Waals surface area contributed by atoms with Crippen molar-refractivity contribution >= 4 is 5.91 Å². The predicted octanol–water partition coefficient (Wildman–Crippen LogP) is 1.18. The standard InChI is InChI=1S/C15H19FN4O2/c1-22-9-8-17-6-7-18-15(21)12-10-19-20-14(12)11-4-2-3-5-13(11)16/h2-5,10,17H,6-9H2,1H3,(H,18,21)(H,19,20). The number of H-pyrrole nitrogens is 1. The summed E-state index contributed by atoms with van der Waals surface area (Å²) in [6.45, 7) is 2.43. The van der Waals surface area contributed by atoms with Gasteiger partial charge in [0.25, 0.3) is 5.91 Å². The fourth-order valence-corrected chi connectivity index (χ4v) is 1.99. The smallest absolute Gasteiger partial charge is 0.255 e. The van der Waals surface area contributed by atoms with Gasteiger partial charge in [-0.15, -0.1) is 0 Å². The van der Waals surface area contributed by atoms with Gasteiger partial charge in [-0.1, -0.05) is 12.1 Å². The summed E-state index contributed by atoms with van der Waals surface area (Å²) in [5, 5.41) is 12.4. The van der Waals surface area contributed by atoms with Crippen LogP contribution >= 0.6 is 0 Å². The molecule has 7 heteroatoms. The Bertz CT molecular complexity index is 615. The van der Waals surface area contributed by atoms with E-state index in [0.29, 0.717) is 36.5 Å². The number of rotatable bonds is 8. The molecule has 3 N–H and O–H groups in total. The molecule has 0 saturated heterocycles. The first kappa shape index (κ1) is 16.1. The third-order valence-corrected chi connectivity index (χ3v) is 3.10. The SMILES string of the molecule is COCCNCCNC(=O)c1cn[nH]c1-c1ccccc1F. The van der Waals surface area contributed by atoms with Crippen LogP contribution in [0.1, 0.15) is 10.4 Å². The molecule has 6 nitrogen and oxygen atoms in total. The number of hydrogen-bond donors (Lipinski definition) is 3. The van der Waals surface area contributed by atoms with Gasteiger partial charge in [0.05, 0.1) is 24.1 Å². The Labute approximate surface area is 128 Å². The highest BCUT2D eigenvalue weighted by Crippen LogP contribution is 2.23. The number of hydrogen-bond acceptors (Lipinski definition) is 4. The first-order chi connectivity index (χ1) is 10.7. The molecular weight excluding hydrogens is 287 g/mol. The van der Waals surface area contributed by atoms with Crippen LogP contribution in [0.5, 0.6) is 0 Å². The van der Waals surface area contributed by atoms with Gasteiger partial charge in [-0.05, 0) is 12.1 Å². The highest BCUT2D eigenvalue weighted by atomic mass is 19.1. The second-order valence-corrected chi connectivity index (χ2v) is 4.64. The van der Waals surface area contributed by atoms with E-state index in [1.54, 1.807) is 25.3 Å². The molecule has 0 unspecified atom stereocenters. The minimum atomic E-state index is -0.401. The van der Waals surface area contributed by atoms with Crippen LogP contribution in [0.15, 0.2) is 30.5 Å². The van der Waals surface area contributed by atoms with E-state index < -0.39 is 5.82 Å². The van der Waals surface area contributed by atoms with Gasteiger partial charge in [0.1, 0.15) is 5.82 Å². The van der Waals surface area contributed by atoms with Crippen LogP contribution in [0.2, 0.25) is 0 Å². The molecule has 1 amide bonds.